The maximum Gasteiger partial charge on any atom is 0.313 e. The van der Waals surface area contributed by atoms with E-state index in [9.17, 15) is 27.2 Å². The van der Waals surface area contributed by atoms with Gasteiger partial charge in [-0.15, -0.1) is 0 Å². The lowest BCUT2D eigenvalue weighted by Gasteiger charge is -2.39. The molecule has 0 N–H and O–H groups in total. The largest absolute Gasteiger partial charge is 0.313 e. The fourth-order valence-electron chi connectivity index (χ4n) is 3.15. The van der Waals surface area contributed by atoms with Gasteiger partial charge in [0.1, 0.15) is 11.6 Å². The Morgan fingerprint density at radius 1 is 0.650 bits per heavy atom. The van der Waals surface area contributed by atoms with Crippen molar-refractivity contribution in [3.63, 3.8) is 0 Å². The molecule has 0 aromatic heterocycles. The predicted molar refractivity (Wildman–Crippen MR) is 63.8 cm³/mol. The van der Waals surface area contributed by atoms with E-state index in [-0.39, 0.29) is 62.9 Å². The highest BCUT2D eigenvalue weighted by molar-refractivity contribution is 5.79. The Morgan fingerprint density at radius 3 is 1.15 bits per heavy atom. The summed E-state index contributed by atoms with van der Waals surface area (Å²) in [5.41, 5.74) is 0. The Hall–Kier alpha value is -0.940. The summed E-state index contributed by atoms with van der Waals surface area (Å²) in [6.45, 7) is 0. The molecular formula is C14H18F4O2. The van der Waals surface area contributed by atoms with Crippen molar-refractivity contribution in [3.05, 3.63) is 0 Å². The monoisotopic (exact) mass is 294 g/mol. The fourth-order valence-corrected chi connectivity index (χ4v) is 3.15. The molecular weight excluding hydrogens is 276 g/mol. The number of hydrogen-bond acceptors (Lipinski definition) is 2. The molecule has 0 heterocycles. The number of halogens is 4. The van der Waals surface area contributed by atoms with E-state index in [0.717, 1.165) is 0 Å². The Balaban J connectivity index is 2.09. The quantitative estimate of drug-likeness (QED) is 0.742. The molecule has 0 aromatic carbocycles. The van der Waals surface area contributed by atoms with Crippen molar-refractivity contribution in [2.45, 2.75) is 63.2 Å². The molecule has 2 fully saturated rings. The van der Waals surface area contributed by atoms with Crippen LogP contribution in [0.1, 0.15) is 51.4 Å². The van der Waals surface area contributed by atoms with E-state index < -0.39 is 23.7 Å². The molecule has 2 aliphatic rings. The molecule has 6 heteroatoms. The summed E-state index contributed by atoms with van der Waals surface area (Å²) >= 11 is 0. The summed E-state index contributed by atoms with van der Waals surface area (Å²) in [5.74, 6) is -11.3. The van der Waals surface area contributed by atoms with Crippen LogP contribution in [0.4, 0.5) is 17.6 Å². The summed E-state index contributed by atoms with van der Waals surface area (Å²) < 4.78 is 56.6. The van der Waals surface area contributed by atoms with E-state index in [0.29, 0.717) is 0 Å². The highest BCUT2D eigenvalue weighted by Gasteiger charge is 2.64. The zero-order chi connectivity index (χ0) is 15.0. The van der Waals surface area contributed by atoms with Crippen LogP contribution in [0.5, 0.6) is 0 Å². The minimum absolute atomic E-state index is 0.0422. The maximum atomic E-state index is 14.1. The second-order valence-electron chi connectivity index (χ2n) is 5.87. The highest BCUT2D eigenvalue weighted by atomic mass is 19.3. The summed E-state index contributed by atoms with van der Waals surface area (Å²) in [6.07, 6.45) is -0.863. The van der Waals surface area contributed by atoms with Crippen LogP contribution in [-0.4, -0.2) is 23.4 Å². The van der Waals surface area contributed by atoms with Crippen LogP contribution in [0.3, 0.4) is 0 Å². The van der Waals surface area contributed by atoms with Crippen LogP contribution >= 0.6 is 0 Å². The molecule has 0 amide bonds. The summed E-state index contributed by atoms with van der Waals surface area (Å²) in [7, 11) is 0. The molecule has 114 valence electrons. The first-order chi connectivity index (χ1) is 9.25. The van der Waals surface area contributed by atoms with E-state index in [2.05, 4.69) is 0 Å². The molecule has 0 bridgehead atoms. The molecule has 0 atom stereocenters. The van der Waals surface area contributed by atoms with Gasteiger partial charge < -0.3 is 0 Å². The lowest BCUT2D eigenvalue weighted by molar-refractivity contribution is -0.266. The second kappa shape index (κ2) is 5.45. The zero-order valence-corrected chi connectivity index (χ0v) is 11.1. The molecule has 0 aliphatic heterocycles. The van der Waals surface area contributed by atoms with E-state index in [1.807, 2.05) is 0 Å². The van der Waals surface area contributed by atoms with Crippen LogP contribution < -0.4 is 0 Å². The lowest BCUT2D eigenvalue weighted by atomic mass is 9.75. The minimum Gasteiger partial charge on any atom is -0.300 e. The van der Waals surface area contributed by atoms with Crippen molar-refractivity contribution < 1.29 is 27.2 Å². The average molecular weight is 294 g/mol. The number of Topliss-reactive ketones (excluding diaryl/α,β-unsaturated/α-hetero) is 2. The van der Waals surface area contributed by atoms with Gasteiger partial charge >= 0.3 is 11.8 Å². The van der Waals surface area contributed by atoms with E-state index in [1.165, 1.54) is 0 Å². The van der Waals surface area contributed by atoms with Crippen molar-refractivity contribution in [1.82, 2.24) is 0 Å². The van der Waals surface area contributed by atoms with Crippen molar-refractivity contribution in [2.75, 3.05) is 0 Å². The summed E-state index contributed by atoms with van der Waals surface area (Å²) in [4.78, 5) is 22.1. The average Bonchev–Trinajstić information content (AvgIpc) is 2.39. The molecule has 2 aliphatic carbocycles. The van der Waals surface area contributed by atoms with Gasteiger partial charge in [0.05, 0.1) is 0 Å². The Kier molecular flexibility index (Phi) is 4.21. The van der Waals surface area contributed by atoms with Gasteiger partial charge in [-0.1, -0.05) is 0 Å². The Morgan fingerprint density at radius 2 is 0.900 bits per heavy atom. The third-order valence-electron chi connectivity index (χ3n) is 4.56. The zero-order valence-electron chi connectivity index (χ0n) is 11.1. The maximum absolute atomic E-state index is 14.1. The third-order valence-corrected chi connectivity index (χ3v) is 4.56. The van der Waals surface area contributed by atoms with Crippen molar-refractivity contribution in [3.8, 4) is 0 Å². The van der Waals surface area contributed by atoms with Gasteiger partial charge in [-0.25, -0.2) is 0 Å². The predicted octanol–water partition coefficient (Wildman–Crippen LogP) is 3.78. The van der Waals surface area contributed by atoms with Gasteiger partial charge in [0, 0.05) is 37.5 Å². The number of alkyl halides is 4. The first-order valence-corrected chi connectivity index (χ1v) is 7.04. The lowest BCUT2D eigenvalue weighted by Crippen LogP contribution is -2.52. The Bertz CT molecular complexity index is 348. The number of hydrogen-bond donors (Lipinski definition) is 0. The SMILES string of the molecule is O=C1CCC(C(F)(F)C(F)(F)C2CCC(=O)CC2)CC1. The van der Waals surface area contributed by atoms with Gasteiger partial charge in [-0.05, 0) is 25.7 Å². The highest BCUT2D eigenvalue weighted by Crippen LogP contribution is 2.51. The second-order valence-corrected chi connectivity index (χ2v) is 5.87. The van der Waals surface area contributed by atoms with Gasteiger partial charge in [-0.2, -0.15) is 17.6 Å². The van der Waals surface area contributed by atoms with Crippen molar-refractivity contribution in [2.24, 2.45) is 11.8 Å². The molecule has 0 aromatic rings. The molecule has 2 nitrogen and oxygen atoms in total. The van der Waals surface area contributed by atoms with E-state index in [4.69, 9.17) is 0 Å². The summed E-state index contributed by atoms with van der Waals surface area (Å²) in [6, 6.07) is 0. The topological polar surface area (TPSA) is 34.1 Å². The number of rotatable bonds is 3. The van der Waals surface area contributed by atoms with Crippen molar-refractivity contribution >= 4 is 11.6 Å². The fraction of sp³-hybridized carbons (Fsp3) is 0.857. The van der Waals surface area contributed by atoms with Crippen LogP contribution in [0.25, 0.3) is 0 Å². The normalized spacial score (nSPS) is 24.2. The molecule has 2 saturated carbocycles. The molecule has 0 saturated heterocycles. The Labute approximate surface area is 114 Å². The smallest absolute Gasteiger partial charge is 0.300 e. The van der Waals surface area contributed by atoms with Crippen LogP contribution in [0.15, 0.2) is 0 Å². The first kappa shape index (κ1) is 15.4. The number of ketones is 2. The van der Waals surface area contributed by atoms with E-state index >= 15 is 0 Å². The first-order valence-electron chi connectivity index (χ1n) is 7.04. The number of carbonyl (C=O) groups is 2. The molecule has 0 unspecified atom stereocenters. The molecule has 0 spiro atoms. The van der Waals surface area contributed by atoms with Gasteiger partial charge in [-0.3, -0.25) is 9.59 Å². The third kappa shape index (κ3) is 2.74. The van der Waals surface area contributed by atoms with Crippen LogP contribution in [0.2, 0.25) is 0 Å². The molecule has 0 radical (unpaired) electrons. The minimum atomic E-state index is -4.10. The van der Waals surface area contributed by atoms with Gasteiger partial charge in [0.2, 0.25) is 0 Å². The number of carbonyl (C=O) groups excluding carboxylic acids is 2. The van der Waals surface area contributed by atoms with Crippen molar-refractivity contribution in [1.29, 1.82) is 0 Å². The van der Waals surface area contributed by atoms with Gasteiger partial charge in [0.15, 0.2) is 0 Å². The molecule has 2 rings (SSSR count). The van der Waals surface area contributed by atoms with Crippen LogP contribution in [-0.2, 0) is 9.59 Å². The van der Waals surface area contributed by atoms with E-state index in [1.54, 1.807) is 0 Å². The van der Waals surface area contributed by atoms with Crippen LogP contribution in [0, 0.1) is 11.8 Å². The summed E-state index contributed by atoms with van der Waals surface area (Å²) in [5, 5.41) is 0. The van der Waals surface area contributed by atoms with Gasteiger partial charge in [0.25, 0.3) is 0 Å². The molecule has 20 heavy (non-hydrogen) atoms. The standard InChI is InChI=1S/C14H18F4O2/c15-13(16,9-1-5-11(19)6-2-9)14(17,18)10-3-7-12(20)8-4-10/h9-10H,1-8H2.